The second-order valence-corrected chi connectivity index (χ2v) is 4.42. The highest BCUT2D eigenvalue weighted by Crippen LogP contribution is 2.33. The molecule has 0 bridgehead atoms. The maximum atomic E-state index is 12.4. The van der Waals surface area contributed by atoms with E-state index in [1.807, 2.05) is 0 Å². The highest BCUT2D eigenvalue weighted by atomic mass is 79.9. The van der Waals surface area contributed by atoms with Crippen molar-refractivity contribution in [3.63, 3.8) is 0 Å². The summed E-state index contributed by atoms with van der Waals surface area (Å²) in [5.41, 5.74) is 0.0126. The molecule has 1 aromatic carbocycles. The second-order valence-electron chi connectivity index (χ2n) is 3.56. The Morgan fingerprint density at radius 2 is 2.06 bits per heavy atom. The molecule has 3 nitrogen and oxygen atoms in total. The number of benzene rings is 1. The summed E-state index contributed by atoms with van der Waals surface area (Å²) in [6.45, 7) is 0. The van der Waals surface area contributed by atoms with Gasteiger partial charge in [0, 0.05) is 17.1 Å². The minimum atomic E-state index is -4.89. The largest absolute Gasteiger partial charge is 0.496 e. The van der Waals surface area contributed by atoms with E-state index in [-0.39, 0.29) is 5.39 Å². The molecule has 2 aromatic rings. The fraction of sp³-hybridized carbons (Fsp3) is 0.182. The van der Waals surface area contributed by atoms with E-state index in [0.717, 1.165) is 6.20 Å². The zero-order valence-corrected chi connectivity index (χ0v) is 10.6. The standard InChI is InChI=1S/C11H7BrF3NO2/c1-18-9-2-5-6(10(17)11(13,14)15)4-16-8(5)3-7(9)12/h2-4,16H,1H3. The van der Waals surface area contributed by atoms with Gasteiger partial charge in [-0.2, -0.15) is 13.2 Å². The molecule has 0 aliphatic heterocycles. The normalized spacial score (nSPS) is 11.8. The number of fused-ring (bicyclic) bond motifs is 1. The van der Waals surface area contributed by atoms with Gasteiger partial charge in [0.2, 0.25) is 0 Å². The molecule has 96 valence electrons. The number of alkyl halides is 3. The molecule has 0 aliphatic rings. The Labute approximate surface area is 108 Å². The van der Waals surface area contributed by atoms with Crippen molar-refractivity contribution >= 4 is 32.6 Å². The monoisotopic (exact) mass is 321 g/mol. The second kappa shape index (κ2) is 4.31. The predicted molar refractivity (Wildman–Crippen MR) is 62.9 cm³/mol. The summed E-state index contributed by atoms with van der Waals surface area (Å²) >= 11 is 3.21. The molecule has 0 atom stereocenters. The number of H-pyrrole nitrogens is 1. The number of ether oxygens (including phenoxy) is 1. The van der Waals surface area contributed by atoms with E-state index in [2.05, 4.69) is 20.9 Å². The van der Waals surface area contributed by atoms with Crippen molar-refractivity contribution < 1.29 is 22.7 Å². The molecule has 0 aliphatic carbocycles. The first-order valence-corrected chi connectivity index (χ1v) is 5.60. The Kier molecular flexibility index (Phi) is 3.10. The molecular weight excluding hydrogens is 315 g/mol. The number of rotatable bonds is 2. The van der Waals surface area contributed by atoms with Gasteiger partial charge < -0.3 is 9.72 Å². The van der Waals surface area contributed by atoms with Crippen LogP contribution in [0.1, 0.15) is 10.4 Å². The molecule has 0 amide bonds. The third kappa shape index (κ3) is 2.10. The summed E-state index contributed by atoms with van der Waals surface area (Å²) in [7, 11) is 1.39. The lowest BCUT2D eigenvalue weighted by atomic mass is 10.1. The average Bonchev–Trinajstić information content (AvgIpc) is 2.68. The van der Waals surface area contributed by atoms with Crippen LogP contribution < -0.4 is 4.74 Å². The van der Waals surface area contributed by atoms with Gasteiger partial charge in [0.25, 0.3) is 5.78 Å². The number of aromatic amines is 1. The van der Waals surface area contributed by atoms with Crippen LogP contribution >= 0.6 is 15.9 Å². The van der Waals surface area contributed by atoms with Gasteiger partial charge in [-0.25, -0.2) is 0 Å². The molecular formula is C11H7BrF3NO2. The smallest absolute Gasteiger partial charge is 0.454 e. The van der Waals surface area contributed by atoms with Crippen LogP contribution in [0.15, 0.2) is 22.8 Å². The molecule has 0 fully saturated rings. The first kappa shape index (κ1) is 12.9. The van der Waals surface area contributed by atoms with Crippen LogP contribution in [0, 0.1) is 0 Å². The predicted octanol–water partition coefficient (Wildman–Crippen LogP) is 3.68. The summed E-state index contributed by atoms with van der Waals surface area (Å²) in [6, 6.07) is 2.94. The summed E-state index contributed by atoms with van der Waals surface area (Å²) in [6.07, 6.45) is -3.85. The molecule has 1 heterocycles. The zero-order chi connectivity index (χ0) is 13.5. The van der Waals surface area contributed by atoms with Gasteiger partial charge >= 0.3 is 6.18 Å². The van der Waals surface area contributed by atoms with Crippen LogP contribution in [0.2, 0.25) is 0 Å². The number of halogens is 4. The van der Waals surface area contributed by atoms with Gasteiger partial charge in [0.05, 0.1) is 17.1 Å². The van der Waals surface area contributed by atoms with Gasteiger partial charge in [-0.3, -0.25) is 4.79 Å². The maximum absolute atomic E-state index is 12.4. The number of nitrogens with one attached hydrogen (secondary N) is 1. The Hall–Kier alpha value is -1.50. The number of hydrogen-bond donors (Lipinski definition) is 1. The molecule has 1 N–H and O–H groups in total. The van der Waals surface area contributed by atoms with Crippen molar-refractivity contribution in [3.05, 3.63) is 28.4 Å². The van der Waals surface area contributed by atoms with Gasteiger partial charge in [0.1, 0.15) is 5.75 Å². The lowest BCUT2D eigenvalue weighted by Crippen LogP contribution is -2.22. The molecule has 0 radical (unpaired) electrons. The quantitative estimate of drug-likeness (QED) is 0.857. The molecule has 0 saturated heterocycles. The topological polar surface area (TPSA) is 42.1 Å². The third-order valence-corrected chi connectivity index (χ3v) is 3.08. The molecule has 7 heteroatoms. The first-order chi connectivity index (χ1) is 8.34. The van der Waals surface area contributed by atoms with Gasteiger partial charge in [-0.1, -0.05) is 0 Å². The van der Waals surface area contributed by atoms with Crippen molar-refractivity contribution in [2.75, 3.05) is 7.11 Å². The Bertz CT molecular complexity index is 619. The van der Waals surface area contributed by atoms with Crippen molar-refractivity contribution in [2.45, 2.75) is 6.18 Å². The molecule has 18 heavy (non-hydrogen) atoms. The van der Waals surface area contributed by atoms with Gasteiger partial charge in [-0.15, -0.1) is 0 Å². The fourth-order valence-corrected chi connectivity index (χ4v) is 2.13. The van der Waals surface area contributed by atoms with E-state index >= 15 is 0 Å². The minimum Gasteiger partial charge on any atom is -0.496 e. The lowest BCUT2D eigenvalue weighted by Gasteiger charge is -2.06. The summed E-state index contributed by atoms with van der Waals surface area (Å²) in [5.74, 6) is -1.52. The first-order valence-electron chi connectivity index (χ1n) is 4.80. The van der Waals surface area contributed by atoms with Crippen LogP contribution in [-0.4, -0.2) is 24.1 Å². The number of ketones is 1. The van der Waals surface area contributed by atoms with E-state index < -0.39 is 17.5 Å². The van der Waals surface area contributed by atoms with Crippen LogP contribution in [0.3, 0.4) is 0 Å². The van der Waals surface area contributed by atoms with E-state index in [9.17, 15) is 18.0 Å². The number of hydrogen-bond acceptors (Lipinski definition) is 2. The van der Waals surface area contributed by atoms with Crippen LogP contribution in [0.5, 0.6) is 5.75 Å². The Balaban J connectivity index is 2.64. The minimum absolute atomic E-state index is 0.178. The SMILES string of the molecule is COc1cc2c(C(=O)C(F)(F)F)c[nH]c2cc1Br. The Morgan fingerprint density at radius 1 is 1.39 bits per heavy atom. The fourth-order valence-electron chi connectivity index (χ4n) is 1.62. The average molecular weight is 322 g/mol. The number of methoxy groups -OCH3 is 1. The number of aromatic nitrogens is 1. The van der Waals surface area contributed by atoms with Crippen molar-refractivity contribution in [3.8, 4) is 5.75 Å². The van der Waals surface area contributed by atoms with Crippen molar-refractivity contribution in [1.82, 2.24) is 4.98 Å². The maximum Gasteiger partial charge on any atom is 0.454 e. The molecule has 0 spiro atoms. The van der Waals surface area contributed by atoms with Crippen molar-refractivity contribution in [2.24, 2.45) is 0 Å². The number of carbonyl (C=O) groups excluding carboxylic acids is 1. The highest BCUT2D eigenvalue weighted by Gasteiger charge is 2.40. The molecule has 0 unspecified atom stereocenters. The summed E-state index contributed by atoms with van der Waals surface area (Å²) in [4.78, 5) is 13.9. The van der Waals surface area contributed by atoms with E-state index in [1.54, 1.807) is 6.07 Å². The molecule has 2 rings (SSSR count). The number of carbonyl (C=O) groups is 1. The Morgan fingerprint density at radius 3 is 2.61 bits per heavy atom. The van der Waals surface area contributed by atoms with Gasteiger partial charge in [0.15, 0.2) is 0 Å². The lowest BCUT2D eigenvalue weighted by molar-refractivity contribution is -0.0884. The molecule has 1 aromatic heterocycles. The zero-order valence-electron chi connectivity index (χ0n) is 9.06. The highest BCUT2D eigenvalue weighted by molar-refractivity contribution is 9.10. The third-order valence-electron chi connectivity index (χ3n) is 2.46. The van der Waals surface area contributed by atoms with E-state index in [4.69, 9.17) is 4.74 Å². The van der Waals surface area contributed by atoms with Gasteiger partial charge in [-0.05, 0) is 28.1 Å². The number of Topliss-reactive ketones (excluding diaryl/α,β-unsaturated/α-hetero) is 1. The molecule has 0 saturated carbocycles. The van der Waals surface area contributed by atoms with Crippen LogP contribution in [0.4, 0.5) is 13.2 Å². The van der Waals surface area contributed by atoms with Crippen LogP contribution in [-0.2, 0) is 0 Å². The van der Waals surface area contributed by atoms with Crippen LogP contribution in [0.25, 0.3) is 10.9 Å². The van der Waals surface area contributed by atoms with E-state index in [0.29, 0.717) is 15.7 Å². The van der Waals surface area contributed by atoms with E-state index in [1.165, 1.54) is 13.2 Å². The summed E-state index contributed by atoms with van der Waals surface area (Å²) in [5, 5.41) is 0.178. The summed E-state index contributed by atoms with van der Waals surface area (Å²) < 4.78 is 42.8. The van der Waals surface area contributed by atoms with Crippen molar-refractivity contribution in [1.29, 1.82) is 0 Å².